The first kappa shape index (κ1) is 46.3. The average Bonchev–Trinajstić information content (AvgIpc) is 3.88. The van der Waals surface area contributed by atoms with Gasteiger partial charge in [0.1, 0.15) is 47.9 Å². The molecule has 1 aliphatic heterocycles. The van der Waals surface area contributed by atoms with Crippen molar-refractivity contribution in [3.8, 4) is 33.9 Å². The normalized spacial score (nSPS) is 22.1. The molecule has 18 nitrogen and oxygen atoms in total. The molecule has 1 saturated heterocycles. The highest BCUT2D eigenvalue weighted by molar-refractivity contribution is 5.95. The Labute approximate surface area is 377 Å². The number of aryl methyl sites for hydroxylation is 2. The number of rotatable bonds is 16. The van der Waals surface area contributed by atoms with Gasteiger partial charge in [0, 0.05) is 41.9 Å². The second kappa shape index (κ2) is 19.3. The van der Waals surface area contributed by atoms with E-state index in [1.54, 1.807) is 30.6 Å². The number of carbonyl (C=O) groups excluding carboxylic acids is 1. The summed E-state index contributed by atoms with van der Waals surface area (Å²) in [6.45, 7) is 1.94. The number of nitrogens with zero attached hydrogens (tertiary/aromatic N) is 1. The van der Waals surface area contributed by atoms with Gasteiger partial charge in [-0.3, -0.25) is 14.4 Å². The van der Waals surface area contributed by atoms with E-state index < -0.39 is 79.0 Å². The van der Waals surface area contributed by atoms with E-state index in [0.717, 1.165) is 41.3 Å². The summed E-state index contributed by atoms with van der Waals surface area (Å²) in [6.07, 6.45) is -1.24. The minimum Gasteiger partial charge on any atom is -0.508 e. The number of hydrogen-bond acceptors (Lipinski definition) is 15. The lowest BCUT2D eigenvalue weighted by Gasteiger charge is -2.46. The third-order valence-electron chi connectivity index (χ3n) is 12.3. The summed E-state index contributed by atoms with van der Waals surface area (Å²) in [7, 11) is 0. The number of aliphatic hydroxyl groups is 5. The van der Waals surface area contributed by atoms with Gasteiger partial charge >= 0.3 is 11.9 Å². The molecule has 3 aromatic carbocycles. The maximum Gasteiger partial charge on any atom is 0.324 e. The number of benzene rings is 3. The average molecular weight is 912 g/mol. The highest BCUT2D eigenvalue weighted by atomic mass is 16.8. The molecule has 6 aromatic rings. The Balaban J connectivity index is 1.14. The molecule has 8 atom stereocenters. The van der Waals surface area contributed by atoms with Gasteiger partial charge in [0.05, 0.1) is 22.7 Å². The number of H-pyrrole nitrogens is 1. The summed E-state index contributed by atoms with van der Waals surface area (Å²) < 4.78 is 25.1. The Morgan fingerprint density at radius 3 is 2.36 bits per heavy atom. The smallest absolute Gasteiger partial charge is 0.324 e. The van der Waals surface area contributed by atoms with Crippen LogP contribution in [0, 0.1) is 19.8 Å². The van der Waals surface area contributed by atoms with Crippen molar-refractivity contribution in [1.29, 1.82) is 0 Å². The molecule has 1 saturated carbocycles. The zero-order chi connectivity index (χ0) is 46.9. The summed E-state index contributed by atoms with van der Waals surface area (Å²) in [5.74, 6) is -8.34. The third kappa shape index (κ3) is 9.39. The number of carboxylic acids is 1. The van der Waals surface area contributed by atoms with E-state index in [2.05, 4.69) is 10.3 Å². The summed E-state index contributed by atoms with van der Waals surface area (Å²) in [5, 5.41) is 80.3. The Hall–Kier alpha value is -6.25. The van der Waals surface area contributed by atoms with Crippen molar-refractivity contribution in [1.82, 2.24) is 15.0 Å². The summed E-state index contributed by atoms with van der Waals surface area (Å²) in [5.41, 5.74) is 4.23. The Morgan fingerprint density at radius 1 is 0.955 bits per heavy atom. The van der Waals surface area contributed by atoms with Crippen LogP contribution in [0.4, 0.5) is 0 Å². The number of nitrogens with one attached hydrogen (secondary N) is 2. The molecule has 0 bridgehead atoms. The van der Waals surface area contributed by atoms with Crippen LogP contribution < -0.4 is 20.3 Å². The number of ether oxygens (including phenoxy) is 3. The standard InChI is InChI=1S/C48H53N3O15/c1-25-18-26(2)20-29(19-25)39-38-28(14-16-49-38)22-51(39)66-43-41(56)42(57)44(48(61,24-53)65-46(60)37(45(58)59)35(15-17-52)50-30-6-4-3-5-7-30)64-47(43)63-32-12-13-33-36(21-32)62-23-34(40(33)55)27-8-10-31(54)11-9-27/h8-14,16,18-23,30,35,37,41-44,47,49-50,52-54,56-57,61H,3-7,15,17,24H2,1-2H3,(H,58,59). The van der Waals surface area contributed by atoms with Gasteiger partial charge in [0.15, 0.2) is 17.5 Å². The first-order chi connectivity index (χ1) is 31.7. The number of aliphatic hydroxyl groups excluding tert-OH is 4. The number of esters is 1. The Bertz CT molecular complexity index is 2720. The van der Waals surface area contributed by atoms with Crippen molar-refractivity contribution in [2.75, 3.05) is 13.2 Å². The largest absolute Gasteiger partial charge is 0.508 e. The molecule has 3 aromatic heterocycles. The van der Waals surface area contributed by atoms with E-state index in [1.807, 2.05) is 32.0 Å². The second-order valence-electron chi connectivity index (χ2n) is 17.1. The lowest BCUT2D eigenvalue weighted by Crippen LogP contribution is -2.69. The van der Waals surface area contributed by atoms with Crippen LogP contribution in [0.2, 0.25) is 0 Å². The molecule has 8 rings (SSSR count). The summed E-state index contributed by atoms with van der Waals surface area (Å²) in [4.78, 5) is 49.9. The topological polar surface area (TPSA) is 276 Å². The number of fused-ring (bicyclic) bond motifs is 2. The first-order valence-electron chi connectivity index (χ1n) is 21.8. The van der Waals surface area contributed by atoms with Crippen LogP contribution in [-0.4, -0.2) is 119 Å². The number of hydrogen-bond donors (Lipinski definition) is 9. The predicted molar refractivity (Wildman–Crippen MR) is 237 cm³/mol. The summed E-state index contributed by atoms with van der Waals surface area (Å²) >= 11 is 0. The molecule has 0 amide bonds. The minimum absolute atomic E-state index is 0.0163. The molecule has 1 aliphatic carbocycles. The zero-order valence-corrected chi connectivity index (χ0v) is 36.2. The van der Waals surface area contributed by atoms with Crippen molar-refractivity contribution in [3.05, 3.63) is 107 Å². The molecule has 9 N–H and O–H groups in total. The number of aromatic nitrogens is 2. The Kier molecular flexibility index (Phi) is 13.5. The van der Waals surface area contributed by atoms with E-state index in [4.69, 9.17) is 23.5 Å². The molecule has 8 unspecified atom stereocenters. The first-order valence-corrected chi connectivity index (χ1v) is 21.8. The highest BCUT2D eigenvalue weighted by Crippen LogP contribution is 2.36. The van der Waals surface area contributed by atoms with Gasteiger partial charge in [-0.05, 0) is 81.1 Å². The molecular weight excluding hydrogens is 859 g/mol. The van der Waals surface area contributed by atoms with Crippen LogP contribution in [0.25, 0.3) is 44.3 Å². The fourth-order valence-electron chi connectivity index (χ4n) is 9.08. The van der Waals surface area contributed by atoms with E-state index >= 15 is 0 Å². The van der Waals surface area contributed by atoms with Gasteiger partial charge in [-0.15, -0.1) is 0 Å². The highest BCUT2D eigenvalue weighted by Gasteiger charge is 2.58. The number of phenolic OH excluding ortho intramolecular Hbond substituents is 1. The van der Waals surface area contributed by atoms with Crippen LogP contribution in [0.3, 0.4) is 0 Å². The molecule has 2 fully saturated rings. The third-order valence-corrected chi connectivity index (χ3v) is 12.3. The van der Waals surface area contributed by atoms with Crippen molar-refractivity contribution in [2.24, 2.45) is 5.92 Å². The zero-order valence-electron chi connectivity index (χ0n) is 36.2. The molecule has 2 aliphatic rings. The molecule has 18 heteroatoms. The van der Waals surface area contributed by atoms with Crippen LogP contribution in [0.15, 0.2) is 94.6 Å². The molecular formula is C48H53N3O15. The number of carbonyl (C=O) groups is 2. The number of aliphatic carboxylic acids is 1. The van der Waals surface area contributed by atoms with Crippen LogP contribution in [0.5, 0.6) is 11.5 Å². The van der Waals surface area contributed by atoms with Gasteiger partial charge in [0.25, 0.3) is 5.79 Å². The van der Waals surface area contributed by atoms with Crippen LogP contribution >= 0.6 is 0 Å². The van der Waals surface area contributed by atoms with Gasteiger partial charge in [0.2, 0.25) is 12.4 Å². The van der Waals surface area contributed by atoms with Crippen molar-refractivity contribution in [2.45, 2.75) is 101 Å². The van der Waals surface area contributed by atoms with E-state index in [-0.39, 0.29) is 40.5 Å². The van der Waals surface area contributed by atoms with E-state index in [1.165, 1.54) is 41.3 Å². The predicted octanol–water partition coefficient (Wildman–Crippen LogP) is 3.65. The minimum atomic E-state index is -3.19. The van der Waals surface area contributed by atoms with Crippen molar-refractivity contribution in [3.63, 3.8) is 0 Å². The summed E-state index contributed by atoms with van der Waals surface area (Å²) in [6, 6.07) is 16.6. The van der Waals surface area contributed by atoms with E-state index in [9.17, 15) is 50.1 Å². The van der Waals surface area contributed by atoms with Crippen LogP contribution in [0.1, 0.15) is 49.7 Å². The maximum atomic E-state index is 13.9. The van der Waals surface area contributed by atoms with Gasteiger partial charge in [-0.2, -0.15) is 4.73 Å². The number of phenols is 1. The van der Waals surface area contributed by atoms with E-state index in [0.29, 0.717) is 29.6 Å². The quantitative estimate of drug-likeness (QED) is 0.0381. The maximum absolute atomic E-state index is 13.9. The molecule has 0 radical (unpaired) electrons. The van der Waals surface area contributed by atoms with Crippen LogP contribution in [-0.2, 0) is 19.1 Å². The Morgan fingerprint density at radius 2 is 1.68 bits per heavy atom. The SMILES string of the molecule is Cc1cc(C)cc(-c2c3[nH]ccc3cn2OC2C(Oc3ccc4c(=O)c(-c5ccc(O)cc5)coc4c3)OC(C(O)(CO)OC(=O)C(C(=O)O)C(CCO)NC3CCCCC3)C(O)C2O)c1. The lowest BCUT2D eigenvalue weighted by molar-refractivity contribution is -0.356. The van der Waals surface area contributed by atoms with Gasteiger partial charge in [-0.25, -0.2) is 0 Å². The molecule has 66 heavy (non-hydrogen) atoms. The molecule has 4 heterocycles. The number of carboxylic acid groups (broad SMARTS) is 1. The molecule has 0 spiro atoms. The second-order valence-corrected chi connectivity index (χ2v) is 17.1. The fourth-order valence-corrected chi connectivity index (χ4v) is 9.08. The monoisotopic (exact) mass is 911 g/mol. The fraction of sp³-hybridized carbons (Fsp3) is 0.396. The number of aromatic amines is 1. The molecule has 350 valence electrons. The number of aromatic hydroxyl groups is 1. The van der Waals surface area contributed by atoms with Crippen molar-refractivity contribution < 1.29 is 68.8 Å². The van der Waals surface area contributed by atoms with Crippen molar-refractivity contribution >= 4 is 33.8 Å². The lowest BCUT2D eigenvalue weighted by atomic mass is 9.90. The van der Waals surface area contributed by atoms with Gasteiger partial charge < -0.3 is 69.5 Å². The van der Waals surface area contributed by atoms with Gasteiger partial charge in [-0.1, -0.05) is 48.6 Å².